The van der Waals surface area contributed by atoms with E-state index in [9.17, 15) is 4.79 Å². The molecule has 1 aromatic heterocycles. The Labute approximate surface area is 108 Å². The molecule has 0 aliphatic rings. The van der Waals surface area contributed by atoms with Crippen LogP contribution < -0.4 is 0 Å². The predicted octanol–water partition coefficient (Wildman–Crippen LogP) is 3.58. The standard InChI is InChI=1S/C14H10BrNO/c15-14-5-3-12(4-6-14)13(10-17)8-11-2-1-7-16-9-11/h1-10H. The molecule has 0 aliphatic heterocycles. The Morgan fingerprint density at radius 3 is 2.53 bits per heavy atom. The minimum atomic E-state index is 0.644. The zero-order valence-electron chi connectivity index (χ0n) is 9.01. The molecule has 0 bridgehead atoms. The number of allylic oxidation sites excluding steroid dienone is 1. The lowest BCUT2D eigenvalue weighted by Gasteiger charge is -2.01. The summed E-state index contributed by atoms with van der Waals surface area (Å²) in [5, 5.41) is 0. The predicted molar refractivity (Wildman–Crippen MR) is 72.3 cm³/mol. The van der Waals surface area contributed by atoms with Crippen LogP contribution in [0.1, 0.15) is 11.1 Å². The van der Waals surface area contributed by atoms with Crippen molar-refractivity contribution in [2.24, 2.45) is 0 Å². The second kappa shape index (κ2) is 5.55. The number of rotatable bonds is 3. The summed E-state index contributed by atoms with van der Waals surface area (Å²) < 4.78 is 0.993. The van der Waals surface area contributed by atoms with E-state index < -0.39 is 0 Å². The number of hydrogen-bond donors (Lipinski definition) is 0. The molecule has 0 fully saturated rings. The van der Waals surface area contributed by atoms with Crippen LogP contribution in [-0.2, 0) is 4.79 Å². The van der Waals surface area contributed by atoms with Crippen molar-refractivity contribution in [3.63, 3.8) is 0 Å². The minimum absolute atomic E-state index is 0.644. The number of halogens is 1. The van der Waals surface area contributed by atoms with E-state index in [1.54, 1.807) is 12.4 Å². The van der Waals surface area contributed by atoms with E-state index in [1.165, 1.54) is 0 Å². The second-order valence-corrected chi connectivity index (χ2v) is 4.43. The Morgan fingerprint density at radius 1 is 1.18 bits per heavy atom. The Hall–Kier alpha value is -1.74. The van der Waals surface area contributed by atoms with Gasteiger partial charge in [-0.25, -0.2) is 0 Å². The third kappa shape index (κ3) is 3.11. The molecule has 0 spiro atoms. The molecule has 0 saturated heterocycles. The van der Waals surface area contributed by atoms with Crippen molar-refractivity contribution in [1.82, 2.24) is 4.98 Å². The minimum Gasteiger partial charge on any atom is -0.298 e. The summed E-state index contributed by atoms with van der Waals surface area (Å²) in [6.07, 6.45) is 6.11. The van der Waals surface area contributed by atoms with Crippen molar-refractivity contribution in [2.75, 3.05) is 0 Å². The van der Waals surface area contributed by atoms with Crippen molar-refractivity contribution in [3.05, 3.63) is 64.4 Å². The molecule has 84 valence electrons. The van der Waals surface area contributed by atoms with Gasteiger partial charge in [0.1, 0.15) is 0 Å². The highest BCUT2D eigenvalue weighted by Crippen LogP contribution is 2.18. The molecule has 1 heterocycles. The largest absolute Gasteiger partial charge is 0.298 e. The van der Waals surface area contributed by atoms with Gasteiger partial charge in [-0.05, 0) is 35.4 Å². The fourth-order valence-electron chi connectivity index (χ4n) is 1.47. The summed E-state index contributed by atoms with van der Waals surface area (Å²) >= 11 is 3.37. The van der Waals surface area contributed by atoms with Crippen molar-refractivity contribution in [1.29, 1.82) is 0 Å². The molecule has 0 N–H and O–H groups in total. The van der Waals surface area contributed by atoms with E-state index in [0.29, 0.717) is 5.57 Å². The highest BCUT2D eigenvalue weighted by molar-refractivity contribution is 9.10. The summed E-state index contributed by atoms with van der Waals surface area (Å²) in [6.45, 7) is 0. The smallest absolute Gasteiger partial charge is 0.150 e. The number of hydrogen-bond acceptors (Lipinski definition) is 2. The normalized spacial score (nSPS) is 11.2. The first-order chi connectivity index (χ1) is 8.29. The fourth-order valence-corrected chi connectivity index (χ4v) is 1.73. The lowest BCUT2D eigenvalue weighted by atomic mass is 10.1. The third-order valence-corrected chi connectivity index (χ3v) is 2.84. The fraction of sp³-hybridized carbons (Fsp3) is 0. The molecule has 0 saturated carbocycles. The van der Waals surface area contributed by atoms with Crippen LogP contribution in [0.2, 0.25) is 0 Å². The zero-order chi connectivity index (χ0) is 12.1. The van der Waals surface area contributed by atoms with Gasteiger partial charge in [0.25, 0.3) is 0 Å². The van der Waals surface area contributed by atoms with Gasteiger partial charge < -0.3 is 0 Å². The number of aromatic nitrogens is 1. The van der Waals surface area contributed by atoms with Crippen LogP contribution in [0.4, 0.5) is 0 Å². The number of carbonyl (C=O) groups excluding carboxylic acids is 1. The number of aldehydes is 1. The van der Waals surface area contributed by atoms with E-state index in [2.05, 4.69) is 20.9 Å². The van der Waals surface area contributed by atoms with Crippen molar-refractivity contribution in [2.45, 2.75) is 0 Å². The molecule has 1 aromatic carbocycles. The Bertz CT molecular complexity index is 532. The van der Waals surface area contributed by atoms with Crippen LogP contribution in [0.3, 0.4) is 0 Å². The Balaban J connectivity index is 2.37. The topological polar surface area (TPSA) is 30.0 Å². The number of benzene rings is 1. The molecule has 17 heavy (non-hydrogen) atoms. The lowest BCUT2D eigenvalue weighted by Crippen LogP contribution is -1.86. The Morgan fingerprint density at radius 2 is 1.94 bits per heavy atom. The van der Waals surface area contributed by atoms with Gasteiger partial charge in [0.2, 0.25) is 0 Å². The summed E-state index contributed by atoms with van der Waals surface area (Å²) in [7, 11) is 0. The quantitative estimate of drug-likeness (QED) is 0.638. The molecule has 0 radical (unpaired) electrons. The Kier molecular flexibility index (Phi) is 3.83. The van der Waals surface area contributed by atoms with Gasteiger partial charge in [-0.15, -0.1) is 0 Å². The first-order valence-corrected chi connectivity index (χ1v) is 5.92. The van der Waals surface area contributed by atoms with Crippen LogP contribution in [0.15, 0.2) is 53.3 Å². The van der Waals surface area contributed by atoms with Crippen LogP contribution in [-0.4, -0.2) is 11.3 Å². The molecule has 3 heteroatoms. The SMILES string of the molecule is O=CC(=Cc1cccnc1)c1ccc(Br)cc1. The molecular weight excluding hydrogens is 278 g/mol. The van der Waals surface area contributed by atoms with Crippen molar-refractivity contribution in [3.8, 4) is 0 Å². The van der Waals surface area contributed by atoms with Gasteiger partial charge in [0.05, 0.1) is 0 Å². The van der Waals surface area contributed by atoms with Crippen LogP contribution in [0.25, 0.3) is 11.6 Å². The average Bonchev–Trinajstić information content (AvgIpc) is 2.38. The van der Waals surface area contributed by atoms with E-state index in [1.807, 2.05) is 42.5 Å². The van der Waals surface area contributed by atoms with E-state index >= 15 is 0 Å². The van der Waals surface area contributed by atoms with E-state index in [4.69, 9.17) is 0 Å². The molecule has 2 nitrogen and oxygen atoms in total. The average molecular weight is 288 g/mol. The summed E-state index contributed by atoms with van der Waals surface area (Å²) in [4.78, 5) is 15.1. The molecular formula is C14H10BrNO. The monoisotopic (exact) mass is 287 g/mol. The van der Waals surface area contributed by atoms with E-state index in [0.717, 1.165) is 21.9 Å². The summed E-state index contributed by atoms with van der Waals surface area (Å²) in [6, 6.07) is 11.4. The lowest BCUT2D eigenvalue weighted by molar-refractivity contribution is -0.103. The highest BCUT2D eigenvalue weighted by Gasteiger charge is 2.00. The van der Waals surface area contributed by atoms with Crippen LogP contribution in [0.5, 0.6) is 0 Å². The van der Waals surface area contributed by atoms with Crippen molar-refractivity contribution < 1.29 is 4.79 Å². The van der Waals surface area contributed by atoms with Gasteiger partial charge in [0.15, 0.2) is 6.29 Å². The molecule has 0 atom stereocenters. The zero-order valence-corrected chi connectivity index (χ0v) is 10.6. The number of nitrogens with zero attached hydrogens (tertiary/aromatic N) is 1. The summed E-state index contributed by atoms with van der Waals surface area (Å²) in [5.41, 5.74) is 2.45. The molecule has 0 amide bonds. The highest BCUT2D eigenvalue weighted by atomic mass is 79.9. The maximum atomic E-state index is 11.1. The first-order valence-electron chi connectivity index (χ1n) is 5.12. The maximum Gasteiger partial charge on any atom is 0.150 e. The molecule has 0 aliphatic carbocycles. The van der Waals surface area contributed by atoms with Gasteiger partial charge in [-0.2, -0.15) is 0 Å². The number of carbonyl (C=O) groups is 1. The van der Waals surface area contributed by atoms with E-state index in [-0.39, 0.29) is 0 Å². The van der Waals surface area contributed by atoms with Crippen LogP contribution >= 0.6 is 15.9 Å². The first kappa shape index (κ1) is 11.7. The molecule has 2 aromatic rings. The second-order valence-electron chi connectivity index (χ2n) is 3.51. The van der Waals surface area contributed by atoms with Gasteiger partial charge in [-0.1, -0.05) is 34.1 Å². The van der Waals surface area contributed by atoms with Crippen LogP contribution in [0, 0.1) is 0 Å². The van der Waals surface area contributed by atoms with Gasteiger partial charge >= 0.3 is 0 Å². The summed E-state index contributed by atoms with van der Waals surface area (Å²) in [5.74, 6) is 0. The number of pyridine rings is 1. The maximum absolute atomic E-state index is 11.1. The van der Waals surface area contributed by atoms with Gasteiger partial charge in [0, 0.05) is 22.4 Å². The third-order valence-electron chi connectivity index (χ3n) is 2.31. The molecule has 2 rings (SSSR count). The van der Waals surface area contributed by atoms with Crippen molar-refractivity contribution >= 4 is 33.9 Å². The van der Waals surface area contributed by atoms with Gasteiger partial charge in [-0.3, -0.25) is 9.78 Å². The molecule has 0 unspecified atom stereocenters.